The predicted octanol–water partition coefficient (Wildman–Crippen LogP) is 2.59. The van der Waals surface area contributed by atoms with Gasteiger partial charge in [-0.3, -0.25) is 14.9 Å². The summed E-state index contributed by atoms with van der Waals surface area (Å²) in [4.78, 5) is 20.8. The van der Waals surface area contributed by atoms with Gasteiger partial charge in [-0.15, -0.1) is 0 Å². The Bertz CT molecular complexity index is 418. The third-order valence-corrected chi connectivity index (χ3v) is 1.95. The smallest absolute Gasteiger partial charge is 0.269 e. The molecule has 1 rings (SSSR count). The Labute approximate surface area is 87.4 Å². The lowest BCUT2D eigenvalue weighted by atomic mass is 10.1. The fraction of sp³-hybridized carbons (Fsp3) is 0.182. The number of rotatable bonds is 3. The molecule has 4 heteroatoms. The molecule has 0 amide bonds. The first-order chi connectivity index (χ1) is 7.00. The average molecular weight is 205 g/mol. The summed E-state index contributed by atoms with van der Waals surface area (Å²) in [6.45, 7) is 3.26. The Morgan fingerprint density at radius 2 is 1.80 bits per heavy atom. The zero-order valence-electron chi connectivity index (χ0n) is 8.56. The van der Waals surface area contributed by atoms with Crippen LogP contribution in [0.1, 0.15) is 19.4 Å². The highest BCUT2D eigenvalue weighted by Crippen LogP contribution is 2.18. The maximum absolute atomic E-state index is 10.8. The van der Waals surface area contributed by atoms with Gasteiger partial charge in [0.1, 0.15) is 0 Å². The molecule has 4 nitrogen and oxygen atoms in total. The van der Waals surface area contributed by atoms with Crippen molar-refractivity contribution in [1.82, 2.24) is 0 Å². The first-order valence-corrected chi connectivity index (χ1v) is 4.44. The molecule has 0 heterocycles. The van der Waals surface area contributed by atoms with Crippen LogP contribution in [0.5, 0.6) is 0 Å². The number of hydrogen-bond acceptors (Lipinski definition) is 3. The summed E-state index contributed by atoms with van der Waals surface area (Å²) in [7, 11) is 0. The third kappa shape index (κ3) is 3.02. The minimum atomic E-state index is -0.451. The number of carbonyl (C=O) groups is 1. The maximum atomic E-state index is 10.8. The van der Waals surface area contributed by atoms with Crippen LogP contribution in [0.3, 0.4) is 0 Å². The van der Waals surface area contributed by atoms with Crippen LogP contribution in [0.15, 0.2) is 30.3 Å². The Balaban J connectivity index is 2.99. The van der Waals surface area contributed by atoms with Gasteiger partial charge < -0.3 is 0 Å². The molecular weight excluding hydrogens is 194 g/mol. The van der Waals surface area contributed by atoms with Crippen LogP contribution in [0, 0.1) is 10.1 Å². The Morgan fingerprint density at radius 3 is 2.20 bits per heavy atom. The summed E-state index contributed by atoms with van der Waals surface area (Å²) in [5, 5.41) is 10.4. The van der Waals surface area contributed by atoms with E-state index in [4.69, 9.17) is 0 Å². The molecule has 15 heavy (non-hydrogen) atoms. The van der Waals surface area contributed by atoms with Crippen LogP contribution in [0.4, 0.5) is 5.69 Å². The summed E-state index contributed by atoms with van der Waals surface area (Å²) < 4.78 is 0. The number of nitrogens with zero attached hydrogens (tertiary/aromatic N) is 1. The molecular formula is C11H11NO3. The molecule has 0 saturated carbocycles. The van der Waals surface area contributed by atoms with Crippen LogP contribution >= 0.6 is 0 Å². The van der Waals surface area contributed by atoms with Crippen molar-refractivity contribution in [2.24, 2.45) is 0 Å². The third-order valence-electron chi connectivity index (χ3n) is 1.95. The molecule has 0 bridgehead atoms. The molecule has 0 unspecified atom stereocenters. The van der Waals surface area contributed by atoms with Gasteiger partial charge in [-0.2, -0.15) is 0 Å². The van der Waals surface area contributed by atoms with E-state index in [2.05, 4.69) is 0 Å². The molecule has 0 aliphatic carbocycles. The number of allylic oxidation sites excluding steroid dienone is 2. The molecule has 0 atom stereocenters. The van der Waals surface area contributed by atoms with Crippen molar-refractivity contribution in [3.05, 3.63) is 46.0 Å². The van der Waals surface area contributed by atoms with Crippen molar-refractivity contribution in [2.45, 2.75) is 13.8 Å². The van der Waals surface area contributed by atoms with E-state index < -0.39 is 4.92 Å². The standard InChI is InChI=1S/C11H11NO3/c1-8(7-9(2)13)10-3-5-11(6-4-10)12(14)15/h3-7H,1-2H3. The van der Waals surface area contributed by atoms with Gasteiger partial charge in [-0.05, 0) is 43.2 Å². The van der Waals surface area contributed by atoms with Crippen LogP contribution < -0.4 is 0 Å². The van der Waals surface area contributed by atoms with Gasteiger partial charge in [0.05, 0.1) is 4.92 Å². The van der Waals surface area contributed by atoms with E-state index in [1.165, 1.54) is 25.1 Å². The summed E-state index contributed by atoms with van der Waals surface area (Å²) in [6, 6.07) is 6.11. The lowest BCUT2D eigenvalue weighted by Gasteiger charge is -1.99. The van der Waals surface area contributed by atoms with Crippen molar-refractivity contribution in [3.8, 4) is 0 Å². The average Bonchev–Trinajstić information content (AvgIpc) is 2.17. The second-order valence-electron chi connectivity index (χ2n) is 3.24. The molecule has 0 aromatic heterocycles. The number of carbonyl (C=O) groups excluding carboxylic acids is 1. The molecule has 0 radical (unpaired) electrons. The quantitative estimate of drug-likeness (QED) is 0.433. The van der Waals surface area contributed by atoms with E-state index >= 15 is 0 Å². The molecule has 0 aliphatic heterocycles. The van der Waals surface area contributed by atoms with Crippen molar-refractivity contribution < 1.29 is 9.72 Å². The highest BCUT2D eigenvalue weighted by molar-refractivity contribution is 5.94. The van der Waals surface area contributed by atoms with Crippen LogP contribution in [-0.4, -0.2) is 10.7 Å². The van der Waals surface area contributed by atoms with Crippen molar-refractivity contribution in [3.63, 3.8) is 0 Å². The van der Waals surface area contributed by atoms with Crippen molar-refractivity contribution in [1.29, 1.82) is 0 Å². The molecule has 1 aromatic rings. The second-order valence-corrected chi connectivity index (χ2v) is 3.24. The van der Waals surface area contributed by atoms with Gasteiger partial charge in [-0.1, -0.05) is 0 Å². The number of ketones is 1. The fourth-order valence-corrected chi connectivity index (χ4v) is 1.23. The Morgan fingerprint density at radius 1 is 1.27 bits per heavy atom. The monoisotopic (exact) mass is 205 g/mol. The van der Waals surface area contributed by atoms with Gasteiger partial charge in [-0.25, -0.2) is 0 Å². The number of nitro groups is 1. The van der Waals surface area contributed by atoms with E-state index in [0.29, 0.717) is 0 Å². The minimum absolute atomic E-state index is 0.0362. The summed E-state index contributed by atoms with van der Waals surface area (Å²) in [5.41, 5.74) is 1.67. The van der Waals surface area contributed by atoms with Gasteiger partial charge in [0.25, 0.3) is 5.69 Å². The van der Waals surface area contributed by atoms with Gasteiger partial charge in [0.2, 0.25) is 0 Å². The van der Waals surface area contributed by atoms with E-state index in [-0.39, 0.29) is 11.5 Å². The molecule has 0 saturated heterocycles. The largest absolute Gasteiger partial charge is 0.295 e. The van der Waals surface area contributed by atoms with E-state index in [1.54, 1.807) is 19.1 Å². The molecule has 78 valence electrons. The van der Waals surface area contributed by atoms with Gasteiger partial charge in [0, 0.05) is 12.1 Å². The first kappa shape index (κ1) is 11.1. The summed E-state index contributed by atoms with van der Waals surface area (Å²) in [6.07, 6.45) is 1.50. The second kappa shape index (κ2) is 4.50. The summed E-state index contributed by atoms with van der Waals surface area (Å²) in [5.74, 6) is -0.0362. The SMILES string of the molecule is CC(=O)C=C(C)c1ccc([N+](=O)[O-])cc1. The lowest BCUT2D eigenvalue weighted by Crippen LogP contribution is -1.89. The predicted molar refractivity (Wildman–Crippen MR) is 57.4 cm³/mol. The van der Waals surface area contributed by atoms with Crippen molar-refractivity contribution in [2.75, 3.05) is 0 Å². The first-order valence-electron chi connectivity index (χ1n) is 4.44. The zero-order chi connectivity index (χ0) is 11.4. The molecule has 0 fully saturated rings. The lowest BCUT2D eigenvalue weighted by molar-refractivity contribution is -0.384. The molecule has 1 aromatic carbocycles. The number of non-ortho nitro benzene ring substituents is 1. The van der Waals surface area contributed by atoms with Crippen molar-refractivity contribution >= 4 is 17.0 Å². The van der Waals surface area contributed by atoms with Gasteiger partial charge in [0.15, 0.2) is 5.78 Å². The highest BCUT2D eigenvalue weighted by Gasteiger charge is 2.04. The van der Waals surface area contributed by atoms with Gasteiger partial charge >= 0.3 is 0 Å². The molecule has 0 N–H and O–H groups in total. The normalized spacial score (nSPS) is 11.2. The molecule has 0 spiro atoms. The Kier molecular flexibility index (Phi) is 3.33. The minimum Gasteiger partial charge on any atom is -0.295 e. The number of nitro benzene ring substituents is 1. The van der Waals surface area contributed by atoms with E-state index in [9.17, 15) is 14.9 Å². The topological polar surface area (TPSA) is 60.2 Å². The highest BCUT2D eigenvalue weighted by atomic mass is 16.6. The van der Waals surface area contributed by atoms with Crippen LogP contribution in [0.2, 0.25) is 0 Å². The van der Waals surface area contributed by atoms with Crippen LogP contribution in [-0.2, 0) is 4.79 Å². The number of benzene rings is 1. The summed E-state index contributed by atoms with van der Waals surface area (Å²) >= 11 is 0. The maximum Gasteiger partial charge on any atom is 0.269 e. The van der Waals surface area contributed by atoms with Crippen LogP contribution in [0.25, 0.3) is 5.57 Å². The van der Waals surface area contributed by atoms with E-state index in [1.807, 2.05) is 0 Å². The number of hydrogen-bond donors (Lipinski definition) is 0. The molecule has 0 aliphatic rings. The Hall–Kier alpha value is -1.97. The fourth-order valence-electron chi connectivity index (χ4n) is 1.23. The van der Waals surface area contributed by atoms with E-state index in [0.717, 1.165) is 11.1 Å². The zero-order valence-corrected chi connectivity index (χ0v) is 8.56.